The van der Waals surface area contributed by atoms with Crippen molar-refractivity contribution in [2.24, 2.45) is 7.05 Å². The van der Waals surface area contributed by atoms with E-state index in [1.54, 1.807) is 6.26 Å². The molecule has 1 aromatic rings. The molecule has 0 aromatic carbocycles. The summed E-state index contributed by atoms with van der Waals surface area (Å²) in [4.78, 5) is 14.4. The van der Waals surface area contributed by atoms with Gasteiger partial charge in [-0.2, -0.15) is 13.2 Å². The number of nitrogens with zero attached hydrogens (tertiary/aromatic N) is 2. The standard InChI is InChI=1S/C7H7F3N2OS/c1-12-5(13)3-4(7(8,9)10)11-6(12)14-2/h3H,1-2H3. The second-order valence-corrected chi connectivity index (χ2v) is 3.30. The summed E-state index contributed by atoms with van der Waals surface area (Å²) in [6.45, 7) is 0. The highest BCUT2D eigenvalue weighted by atomic mass is 32.2. The summed E-state index contributed by atoms with van der Waals surface area (Å²) in [7, 11) is 1.38. The Morgan fingerprint density at radius 2 is 2.07 bits per heavy atom. The van der Waals surface area contributed by atoms with Gasteiger partial charge in [-0.25, -0.2) is 4.98 Å². The Morgan fingerprint density at radius 3 is 2.50 bits per heavy atom. The molecule has 0 aliphatic heterocycles. The third-order valence-electron chi connectivity index (χ3n) is 1.57. The molecule has 14 heavy (non-hydrogen) atoms. The smallest absolute Gasteiger partial charge is 0.291 e. The van der Waals surface area contributed by atoms with Crippen molar-refractivity contribution in [1.29, 1.82) is 0 Å². The van der Waals surface area contributed by atoms with Crippen LogP contribution in [0.4, 0.5) is 13.2 Å². The van der Waals surface area contributed by atoms with E-state index in [2.05, 4.69) is 4.98 Å². The van der Waals surface area contributed by atoms with Gasteiger partial charge < -0.3 is 0 Å². The van der Waals surface area contributed by atoms with Crippen LogP contribution in [-0.4, -0.2) is 15.8 Å². The van der Waals surface area contributed by atoms with E-state index in [9.17, 15) is 18.0 Å². The fraction of sp³-hybridized carbons (Fsp3) is 0.429. The molecule has 0 amide bonds. The molecule has 0 saturated heterocycles. The van der Waals surface area contributed by atoms with E-state index in [0.717, 1.165) is 16.3 Å². The number of alkyl halides is 3. The molecule has 3 nitrogen and oxygen atoms in total. The van der Waals surface area contributed by atoms with Gasteiger partial charge in [0.2, 0.25) is 0 Å². The number of halogens is 3. The molecule has 0 aliphatic rings. The van der Waals surface area contributed by atoms with Crippen LogP contribution in [0, 0.1) is 0 Å². The van der Waals surface area contributed by atoms with Crippen molar-refractivity contribution in [3.8, 4) is 0 Å². The zero-order chi connectivity index (χ0) is 10.9. The summed E-state index contributed by atoms with van der Waals surface area (Å²) in [6.07, 6.45) is -3.01. The monoisotopic (exact) mass is 224 g/mol. The predicted octanol–water partition coefficient (Wildman–Crippen LogP) is 1.52. The van der Waals surface area contributed by atoms with Gasteiger partial charge in [-0.3, -0.25) is 9.36 Å². The van der Waals surface area contributed by atoms with Gasteiger partial charge in [0.1, 0.15) is 0 Å². The molecule has 0 unspecified atom stereocenters. The Hall–Kier alpha value is -0.980. The maximum atomic E-state index is 12.2. The Kier molecular flexibility index (Phi) is 2.89. The number of rotatable bonds is 1. The van der Waals surface area contributed by atoms with E-state index < -0.39 is 17.4 Å². The SMILES string of the molecule is CSc1nc(C(F)(F)F)cc(=O)n1C. The van der Waals surface area contributed by atoms with Crippen LogP contribution in [0.1, 0.15) is 5.69 Å². The van der Waals surface area contributed by atoms with E-state index in [1.807, 2.05) is 0 Å². The van der Waals surface area contributed by atoms with Gasteiger partial charge in [0, 0.05) is 13.1 Å². The van der Waals surface area contributed by atoms with Crippen molar-refractivity contribution in [3.63, 3.8) is 0 Å². The molecule has 0 fully saturated rings. The van der Waals surface area contributed by atoms with Crippen molar-refractivity contribution in [2.45, 2.75) is 11.3 Å². The molecule has 1 heterocycles. The third-order valence-corrected chi connectivity index (χ3v) is 2.30. The minimum Gasteiger partial charge on any atom is -0.291 e. The van der Waals surface area contributed by atoms with E-state index in [4.69, 9.17) is 0 Å². The van der Waals surface area contributed by atoms with Gasteiger partial charge >= 0.3 is 6.18 Å². The Balaban J connectivity index is 3.38. The van der Waals surface area contributed by atoms with E-state index in [1.165, 1.54) is 7.05 Å². The van der Waals surface area contributed by atoms with Gasteiger partial charge in [-0.05, 0) is 6.26 Å². The van der Waals surface area contributed by atoms with Crippen LogP contribution in [0.15, 0.2) is 16.0 Å². The fourth-order valence-corrected chi connectivity index (χ4v) is 1.40. The highest BCUT2D eigenvalue weighted by Gasteiger charge is 2.33. The lowest BCUT2D eigenvalue weighted by atomic mass is 10.4. The summed E-state index contributed by atoms with van der Waals surface area (Å²) in [5.41, 5.74) is -1.86. The number of aromatic nitrogens is 2. The highest BCUT2D eigenvalue weighted by molar-refractivity contribution is 7.98. The summed E-state index contributed by atoms with van der Waals surface area (Å²) in [5.74, 6) is 0. The summed E-state index contributed by atoms with van der Waals surface area (Å²) < 4.78 is 37.7. The first-order valence-electron chi connectivity index (χ1n) is 3.55. The second kappa shape index (κ2) is 3.64. The molecule has 0 spiro atoms. The normalized spacial score (nSPS) is 11.8. The minimum atomic E-state index is -4.57. The fourth-order valence-electron chi connectivity index (χ4n) is 0.846. The molecule has 0 bridgehead atoms. The van der Waals surface area contributed by atoms with Gasteiger partial charge in [0.25, 0.3) is 5.56 Å². The molecule has 1 aromatic heterocycles. The lowest BCUT2D eigenvalue weighted by Gasteiger charge is -2.08. The van der Waals surface area contributed by atoms with Gasteiger partial charge in [-0.1, -0.05) is 11.8 Å². The lowest BCUT2D eigenvalue weighted by molar-refractivity contribution is -0.141. The number of thioether (sulfide) groups is 1. The van der Waals surface area contributed by atoms with Crippen LogP contribution in [0.5, 0.6) is 0 Å². The first-order valence-corrected chi connectivity index (χ1v) is 4.78. The molecule has 0 N–H and O–H groups in total. The maximum absolute atomic E-state index is 12.2. The highest BCUT2D eigenvalue weighted by Crippen LogP contribution is 2.27. The van der Waals surface area contributed by atoms with Crippen molar-refractivity contribution in [3.05, 3.63) is 22.1 Å². The van der Waals surface area contributed by atoms with Gasteiger partial charge in [-0.15, -0.1) is 0 Å². The summed E-state index contributed by atoms with van der Waals surface area (Å²) in [5, 5.41) is 0.0461. The Labute approximate surface area is 82.0 Å². The minimum absolute atomic E-state index is 0.0461. The zero-order valence-electron chi connectivity index (χ0n) is 7.42. The van der Waals surface area contributed by atoms with Crippen LogP contribution in [0.25, 0.3) is 0 Å². The van der Waals surface area contributed by atoms with Crippen molar-refractivity contribution in [1.82, 2.24) is 9.55 Å². The molecule has 0 radical (unpaired) electrons. The topological polar surface area (TPSA) is 34.9 Å². The predicted molar refractivity (Wildman–Crippen MR) is 46.3 cm³/mol. The van der Waals surface area contributed by atoms with Crippen LogP contribution < -0.4 is 5.56 Å². The van der Waals surface area contributed by atoms with Crippen LogP contribution in [0.2, 0.25) is 0 Å². The first kappa shape index (κ1) is 11.1. The quantitative estimate of drug-likeness (QED) is 0.536. The Bertz CT molecular complexity index is 399. The van der Waals surface area contributed by atoms with E-state index >= 15 is 0 Å². The largest absolute Gasteiger partial charge is 0.433 e. The number of hydrogen-bond acceptors (Lipinski definition) is 3. The summed E-state index contributed by atoms with van der Waals surface area (Å²) >= 11 is 0.992. The van der Waals surface area contributed by atoms with Crippen LogP contribution >= 0.6 is 11.8 Å². The van der Waals surface area contributed by atoms with Gasteiger partial charge in [0.15, 0.2) is 10.9 Å². The average Bonchev–Trinajstić information content (AvgIpc) is 2.07. The molecule has 0 aliphatic carbocycles. The molecule has 0 saturated carbocycles. The Morgan fingerprint density at radius 1 is 1.50 bits per heavy atom. The van der Waals surface area contributed by atoms with Crippen molar-refractivity contribution in [2.75, 3.05) is 6.26 Å². The molecular formula is C7H7F3N2OS. The van der Waals surface area contributed by atoms with E-state index in [-0.39, 0.29) is 5.16 Å². The third kappa shape index (κ3) is 2.09. The number of hydrogen-bond donors (Lipinski definition) is 0. The van der Waals surface area contributed by atoms with Crippen LogP contribution in [0.3, 0.4) is 0 Å². The van der Waals surface area contributed by atoms with E-state index in [0.29, 0.717) is 6.07 Å². The first-order chi connectivity index (χ1) is 6.36. The molecule has 0 atom stereocenters. The molecule has 78 valence electrons. The zero-order valence-corrected chi connectivity index (χ0v) is 8.24. The summed E-state index contributed by atoms with van der Waals surface area (Å²) in [6, 6.07) is 0.486. The average molecular weight is 224 g/mol. The van der Waals surface area contributed by atoms with Crippen molar-refractivity contribution >= 4 is 11.8 Å². The van der Waals surface area contributed by atoms with Crippen LogP contribution in [-0.2, 0) is 13.2 Å². The molecular weight excluding hydrogens is 217 g/mol. The maximum Gasteiger partial charge on any atom is 0.433 e. The van der Waals surface area contributed by atoms with Gasteiger partial charge in [0.05, 0.1) is 0 Å². The molecule has 1 rings (SSSR count). The lowest BCUT2D eigenvalue weighted by Crippen LogP contribution is -2.23. The molecule has 7 heteroatoms. The second-order valence-electron chi connectivity index (χ2n) is 2.52. The van der Waals surface area contributed by atoms with Crippen molar-refractivity contribution < 1.29 is 13.2 Å².